The number of rotatable bonds is 2. The average molecular weight is 253 g/mol. The predicted molar refractivity (Wildman–Crippen MR) is 57.4 cm³/mol. The smallest absolute Gasteiger partial charge is 0.165 e. The lowest BCUT2D eigenvalue weighted by Gasteiger charge is -2.03. The van der Waals surface area contributed by atoms with Gasteiger partial charge in [-0.05, 0) is 28.1 Å². The minimum atomic E-state index is 0.736. The van der Waals surface area contributed by atoms with Gasteiger partial charge in [-0.15, -0.1) is 0 Å². The number of halogens is 1. The van der Waals surface area contributed by atoms with Crippen LogP contribution in [0.15, 0.2) is 41.1 Å². The molecule has 1 aromatic heterocycles. The van der Waals surface area contributed by atoms with E-state index in [1.165, 1.54) is 0 Å². The molecule has 0 N–H and O–H groups in total. The highest BCUT2D eigenvalue weighted by atomic mass is 79.9. The van der Waals surface area contributed by atoms with Gasteiger partial charge in [-0.1, -0.05) is 12.1 Å². The molecule has 1 heterocycles. The number of nitrogens with zero attached hydrogens (tertiary/aromatic N) is 2. The molecule has 1 aromatic carbocycles. The quantitative estimate of drug-likeness (QED) is 0.822. The van der Waals surface area contributed by atoms with Gasteiger partial charge in [0, 0.05) is 7.05 Å². The number of benzene rings is 1. The molecule has 0 aliphatic heterocycles. The summed E-state index contributed by atoms with van der Waals surface area (Å²) in [6, 6.07) is 7.71. The number of aryl methyl sites for hydroxylation is 1. The molecule has 14 heavy (non-hydrogen) atoms. The van der Waals surface area contributed by atoms with Crippen LogP contribution in [-0.4, -0.2) is 9.78 Å². The zero-order valence-electron chi connectivity index (χ0n) is 7.64. The van der Waals surface area contributed by atoms with Gasteiger partial charge in [-0.25, -0.2) is 0 Å². The van der Waals surface area contributed by atoms with Gasteiger partial charge >= 0.3 is 0 Å². The van der Waals surface area contributed by atoms with Crippen LogP contribution in [0.3, 0.4) is 0 Å². The highest BCUT2D eigenvalue weighted by molar-refractivity contribution is 9.10. The zero-order valence-corrected chi connectivity index (χ0v) is 9.23. The molecule has 0 unspecified atom stereocenters. The van der Waals surface area contributed by atoms with Crippen molar-refractivity contribution < 1.29 is 4.74 Å². The van der Waals surface area contributed by atoms with Crippen LogP contribution in [0.5, 0.6) is 11.5 Å². The van der Waals surface area contributed by atoms with E-state index in [1.807, 2.05) is 37.5 Å². The Morgan fingerprint density at radius 2 is 2.14 bits per heavy atom. The largest absolute Gasteiger partial charge is 0.453 e. The first kappa shape index (κ1) is 9.27. The Labute approximate surface area is 90.4 Å². The van der Waals surface area contributed by atoms with E-state index in [9.17, 15) is 0 Å². The standard InChI is InChI=1S/C10H9BrN2O/c1-13-7-8(6-12-13)14-10-5-3-2-4-9(10)11/h2-7H,1H3. The number of hydrogen-bond acceptors (Lipinski definition) is 2. The molecular weight excluding hydrogens is 244 g/mol. The molecule has 72 valence electrons. The topological polar surface area (TPSA) is 27.1 Å². The summed E-state index contributed by atoms with van der Waals surface area (Å²) in [4.78, 5) is 0. The first-order valence-electron chi connectivity index (χ1n) is 4.17. The van der Waals surface area contributed by atoms with Gasteiger partial charge < -0.3 is 4.74 Å². The number of ether oxygens (including phenoxy) is 1. The SMILES string of the molecule is Cn1cc(Oc2ccccc2Br)cn1. The van der Waals surface area contributed by atoms with E-state index in [4.69, 9.17) is 4.74 Å². The molecule has 0 saturated heterocycles. The van der Waals surface area contributed by atoms with Crippen molar-refractivity contribution >= 4 is 15.9 Å². The fourth-order valence-electron chi connectivity index (χ4n) is 1.11. The van der Waals surface area contributed by atoms with E-state index in [2.05, 4.69) is 21.0 Å². The maximum Gasteiger partial charge on any atom is 0.165 e. The summed E-state index contributed by atoms with van der Waals surface area (Å²) < 4.78 is 8.23. The van der Waals surface area contributed by atoms with E-state index in [1.54, 1.807) is 10.9 Å². The van der Waals surface area contributed by atoms with Gasteiger partial charge in [-0.2, -0.15) is 5.10 Å². The van der Waals surface area contributed by atoms with Gasteiger partial charge in [0.1, 0.15) is 5.75 Å². The fourth-order valence-corrected chi connectivity index (χ4v) is 1.47. The Morgan fingerprint density at radius 3 is 2.79 bits per heavy atom. The number of hydrogen-bond donors (Lipinski definition) is 0. The summed E-state index contributed by atoms with van der Waals surface area (Å²) in [6.45, 7) is 0. The maximum absolute atomic E-state index is 5.60. The van der Waals surface area contributed by atoms with Crippen LogP contribution in [-0.2, 0) is 7.05 Å². The Bertz CT molecular complexity index is 439. The third-order valence-corrected chi connectivity index (χ3v) is 2.40. The molecule has 4 heteroatoms. The molecule has 0 radical (unpaired) electrons. The van der Waals surface area contributed by atoms with Crippen molar-refractivity contribution in [2.24, 2.45) is 7.05 Å². The predicted octanol–water partition coefficient (Wildman–Crippen LogP) is 2.97. The van der Waals surface area contributed by atoms with Crippen LogP contribution in [0.4, 0.5) is 0 Å². The summed E-state index contributed by atoms with van der Waals surface area (Å²) >= 11 is 3.41. The maximum atomic E-state index is 5.60. The van der Waals surface area contributed by atoms with Gasteiger partial charge in [0.05, 0.1) is 16.9 Å². The van der Waals surface area contributed by atoms with Crippen LogP contribution >= 0.6 is 15.9 Å². The monoisotopic (exact) mass is 252 g/mol. The van der Waals surface area contributed by atoms with Crippen LogP contribution in [0, 0.1) is 0 Å². The summed E-state index contributed by atoms with van der Waals surface area (Å²) in [6.07, 6.45) is 3.50. The van der Waals surface area contributed by atoms with E-state index >= 15 is 0 Å². The molecule has 0 bridgehead atoms. The van der Waals surface area contributed by atoms with Crippen LogP contribution in [0.1, 0.15) is 0 Å². The second-order valence-electron chi connectivity index (χ2n) is 2.88. The van der Waals surface area contributed by atoms with Crippen LogP contribution in [0.25, 0.3) is 0 Å². The van der Waals surface area contributed by atoms with Crippen molar-refractivity contribution in [2.75, 3.05) is 0 Å². The normalized spacial score (nSPS) is 10.1. The number of aromatic nitrogens is 2. The van der Waals surface area contributed by atoms with E-state index in [0.29, 0.717) is 0 Å². The minimum absolute atomic E-state index is 0.736. The van der Waals surface area contributed by atoms with Crippen molar-refractivity contribution in [1.29, 1.82) is 0 Å². The zero-order chi connectivity index (χ0) is 9.97. The lowest BCUT2D eigenvalue weighted by molar-refractivity contribution is 0.479. The summed E-state index contributed by atoms with van der Waals surface area (Å²) in [5, 5.41) is 4.02. The van der Waals surface area contributed by atoms with Gasteiger partial charge in [0.25, 0.3) is 0 Å². The molecule has 2 rings (SSSR count). The van der Waals surface area contributed by atoms with Crippen molar-refractivity contribution in [3.05, 3.63) is 41.1 Å². The van der Waals surface area contributed by atoms with Crippen molar-refractivity contribution in [1.82, 2.24) is 9.78 Å². The first-order chi connectivity index (χ1) is 6.75. The van der Waals surface area contributed by atoms with Crippen molar-refractivity contribution in [3.8, 4) is 11.5 Å². The van der Waals surface area contributed by atoms with Crippen LogP contribution in [0.2, 0.25) is 0 Å². The van der Waals surface area contributed by atoms with E-state index in [-0.39, 0.29) is 0 Å². The Hall–Kier alpha value is -1.29. The molecule has 3 nitrogen and oxygen atoms in total. The molecule has 0 amide bonds. The van der Waals surface area contributed by atoms with E-state index in [0.717, 1.165) is 16.0 Å². The molecule has 0 fully saturated rings. The fraction of sp³-hybridized carbons (Fsp3) is 0.100. The molecule has 0 aliphatic carbocycles. The molecule has 0 aliphatic rings. The number of para-hydroxylation sites is 1. The molecule has 0 saturated carbocycles. The third kappa shape index (κ3) is 1.96. The minimum Gasteiger partial charge on any atom is -0.453 e. The average Bonchev–Trinajstić information content (AvgIpc) is 2.56. The Balaban J connectivity index is 2.23. The summed E-state index contributed by atoms with van der Waals surface area (Å²) in [5.41, 5.74) is 0. The second-order valence-corrected chi connectivity index (χ2v) is 3.74. The van der Waals surface area contributed by atoms with Crippen molar-refractivity contribution in [2.45, 2.75) is 0 Å². The van der Waals surface area contributed by atoms with Gasteiger partial charge in [-0.3, -0.25) is 4.68 Å². The molecular formula is C10H9BrN2O. The lowest BCUT2D eigenvalue weighted by atomic mass is 10.3. The van der Waals surface area contributed by atoms with Gasteiger partial charge in [0.15, 0.2) is 5.75 Å². The molecule has 0 atom stereocenters. The summed E-state index contributed by atoms with van der Waals surface area (Å²) in [5.74, 6) is 1.53. The molecule has 2 aromatic rings. The third-order valence-electron chi connectivity index (χ3n) is 1.75. The Kier molecular flexibility index (Phi) is 2.54. The Morgan fingerprint density at radius 1 is 1.36 bits per heavy atom. The summed E-state index contributed by atoms with van der Waals surface area (Å²) in [7, 11) is 1.85. The van der Waals surface area contributed by atoms with Crippen molar-refractivity contribution in [3.63, 3.8) is 0 Å². The molecule has 0 spiro atoms. The first-order valence-corrected chi connectivity index (χ1v) is 4.96. The highest BCUT2D eigenvalue weighted by Gasteiger charge is 2.02. The van der Waals surface area contributed by atoms with Gasteiger partial charge in [0.2, 0.25) is 0 Å². The van der Waals surface area contributed by atoms with Crippen LogP contribution < -0.4 is 4.74 Å². The second kappa shape index (κ2) is 3.84. The lowest BCUT2D eigenvalue weighted by Crippen LogP contribution is -1.85. The highest BCUT2D eigenvalue weighted by Crippen LogP contribution is 2.28. The van der Waals surface area contributed by atoms with E-state index < -0.39 is 0 Å².